The summed E-state index contributed by atoms with van der Waals surface area (Å²) in [5, 5.41) is 11.9. The summed E-state index contributed by atoms with van der Waals surface area (Å²) < 4.78 is 5.38. The molecule has 1 amide bonds. The van der Waals surface area contributed by atoms with E-state index in [2.05, 4.69) is 11.4 Å². The largest absolute Gasteiger partial charge is 0.496 e. The number of carbonyl (C=O) groups excluding carboxylic acids is 1. The van der Waals surface area contributed by atoms with Gasteiger partial charge in [0.2, 0.25) is 5.91 Å². The average molecular weight is 292 g/mol. The highest BCUT2D eigenvalue weighted by Gasteiger charge is 2.22. The molecule has 1 unspecified atom stereocenters. The number of benzene rings is 2. The lowest BCUT2D eigenvalue weighted by molar-refractivity contribution is -0.119. The van der Waals surface area contributed by atoms with E-state index >= 15 is 0 Å². The number of methoxy groups -OCH3 is 1. The van der Waals surface area contributed by atoms with Crippen LogP contribution in [0.25, 0.3) is 11.1 Å². The van der Waals surface area contributed by atoms with Crippen molar-refractivity contribution >= 4 is 5.91 Å². The molecule has 4 heteroatoms. The Balaban J connectivity index is 1.93. The van der Waals surface area contributed by atoms with Gasteiger partial charge in [-0.3, -0.25) is 4.79 Å². The second-order valence-corrected chi connectivity index (χ2v) is 5.35. The van der Waals surface area contributed by atoms with Crippen molar-refractivity contribution in [2.75, 3.05) is 13.7 Å². The van der Waals surface area contributed by atoms with Crippen LogP contribution in [0.15, 0.2) is 42.5 Å². The average Bonchev–Trinajstić information content (AvgIpc) is 3.01. The maximum Gasteiger partial charge on any atom is 0.220 e. The Morgan fingerprint density at radius 2 is 2.00 bits per heavy atom. The van der Waals surface area contributed by atoms with E-state index in [1.807, 2.05) is 30.3 Å². The summed E-state index contributed by atoms with van der Waals surface area (Å²) in [6.45, 7) is 0.700. The monoisotopic (exact) mass is 292 g/mol. The Morgan fingerprint density at radius 3 is 2.59 bits per heavy atom. The molecule has 1 saturated heterocycles. The lowest BCUT2D eigenvalue weighted by Crippen LogP contribution is -2.13. The Bertz CT molecular complexity index is 745. The molecule has 1 fully saturated rings. The van der Waals surface area contributed by atoms with Gasteiger partial charge >= 0.3 is 0 Å². The molecule has 1 N–H and O–H groups in total. The molecule has 110 valence electrons. The topological polar surface area (TPSA) is 62.1 Å². The molecule has 22 heavy (non-hydrogen) atoms. The van der Waals surface area contributed by atoms with Gasteiger partial charge in [-0.25, -0.2) is 0 Å². The zero-order valence-corrected chi connectivity index (χ0v) is 12.3. The highest BCUT2D eigenvalue weighted by atomic mass is 16.5. The van der Waals surface area contributed by atoms with Crippen molar-refractivity contribution in [3.05, 3.63) is 53.6 Å². The zero-order chi connectivity index (χ0) is 15.5. The van der Waals surface area contributed by atoms with Gasteiger partial charge in [0, 0.05) is 24.4 Å². The minimum absolute atomic E-state index is 0.109. The molecule has 4 nitrogen and oxygen atoms in total. The molecule has 1 aliphatic heterocycles. The number of hydrogen-bond donors (Lipinski definition) is 1. The first-order valence-corrected chi connectivity index (χ1v) is 7.16. The first-order valence-electron chi connectivity index (χ1n) is 7.16. The van der Waals surface area contributed by atoms with E-state index in [1.54, 1.807) is 19.2 Å². The SMILES string of the molecule is COc1ccc(C#N)cc1-c1ccc(C2CNC(=O)C2)cc1. The van der Waals surface area contributed by atoms with Gasteiger partial charge in [0.1, 0.15) is 5.75 Å². The van der Waals surface area contributed by atoms with Crippen LogP contribution in [-0.2, 0) is 4.79 Å². The van der Waals surface area contributed by atoms with Crippen LogP contribution in [0.4, 0.5) is 0 Å². The first kappa shape index (κ1) is 14.2. The van der Waals surface area contributed by atoms with Crippen LogP contribution in [0.3, 0.4) is 0 Å². The Labute approximate surface area is 129 Å². The summed E-state index contributed by atoms with van der Waals surface area (Å²) in [7, 11) is 1.62. The van der Waals surface area contributed by atoms with E-state index in [0.717, 1.165) is 22.4 Å². The molecule has 0 aromatic heterocycles. The van der Waals surface area contributed by atoms with Crippen LogP contribution in [0.2, 0.25) is 0 Å². The Hall–Kier alpha value is -2.80. The standard InChI is InChI=1S/C18H16N2O2/c1-22-17-7-2-12(10-19)8-16(17)14-5-3-13(4-6-14)15-9-18(21)20-11-15/h2-8,15H,9,11H2,1H3,(H,20,21). The van der Waals surface area contributed by atoms with Crippen molar-refractivity contribution in [3.8, 4) is 22.9 Å². The third-order valence-corrected chi connectivity index (χ3v) is 4.00. The van der Waals surface area contributed by atoms with E-state index < -0.39 is 0 Å². The minimum Gasteiger partial charge on any atom is -0.496 e. The number of nitrogens with zero attached hydrogens (tertiary/aromatic N) is 1. The summed E-state index contributed by atoms with van der Waals surface area (Å²) >= 11 is 0. The molecular weight excluding hydrogens is 276 g/mol. The van der Waals surface area contributed by atoms with Gasteiger partial charge in [-0.15, -0.1) is 0 Å². The maximum atomic E-state index is 11.3. The van der Waals surface area contributed by atoms with Gasteiger partial charge in [-0.05, 0) is 29.3 Å². The summed E-state index contributed by atoms with van der Waals surface area (Å²) in [6, 6.07) is 15.6. The second kappa shape index (κ2) is 5.90. The van der Waals surface area contributed by atoms with Crippen molar-refractivity contribution < 1.29 is 9.53 Å². The van der Waals surface area contributed by atoms with E-state index in [1.165, 1.54) is 0 Å². The number of amides is 1. The van der Waals surface area contributed by atoms with Crippen molar-refractivity contribution in [2.45, 2.75) is 12.3 Å². The van der Waals surface area contributed by atoms with Gasteiger partial charge in [-0.2, -0.15) is 5.26 Å². The number of hydrogen-bond acceptors (Lipinski definition) is 3. The Morgan fingerprint density at radius 1 is 1.23 bits per heavy atom. The van der Waals surface area contributed by atoms with Crippen molar-refractivity contribution in [1.82, 2.24) is 5.32 Å². The van der Waals surface area contributed by atoms with Crippen LogP contribution < -0.4 is 10.1 Å². The molecule has 1 heterocycles. The van der Waals surface area contributed by atoms with Crippen LogP contribution in [0.1, 0.15) is 23.5 Å². The fourth-order valence-corrected chi connectivity index (χ4v) is 2.78. The molecule has 1 atom stereocenters. The van der Waals surface area contributed by atoms with Crippen molar-refractivity contribution in [2.24, 2.45) is 0 Å². The molecule has 0 spiro atoms. The maximum absolute atomic E-state index is 11.3. The quantitative estimate of drug-likeness (QED) is 0.946. The fourth-order valence-electron chi connectivity index (χ4n) is 2.78. The van der Waals surface area contributed by atoms with Gasteiger partial charge < -0.3 is 10.1 Å². The lowest BCUT2D eigenvalue weighted by atomic mass is 9.95. The van der Waals surface area contributed by atoms with E-state index in [0.29, 0.717) is 18.5 Å². The molecular formula is C18H16N2O2. The number of rotatable bonds is 3. The van der Waals surface area contributed by atoms with Gasteiger partial charge in [-0.1, -0.05) is 24.3 Å². The van der Waals surface area contributed by atoms with Crippen molar-refractivity contribution in [1.29, 1.82) is 5.26 Å². The predicted octanol–water partition coefficient (Wildman–Crippen LogP) is 2.84. The fraction of sp³-hybridized carbons (Fsp3) is 0.222. The molecule has 0 aliphatic carbocycles. The lowest BCUT2D eigenvalue weighted by Gasteiger charge is -2.11. The van der Waals surface area contributed by atoms with Crippen LogP contribution in [0, 0.1) is 11.3 Å². The molecule has 0 radical (unpaired) electrons. The summed E-state index contributed by atoms with van der Waals surface area (Å²) in [6.07, 6.45) is 0.548. The Kier molecular flexibility index (Phi) is 3.80. The third-order valence-electron chi connectivity index (χ3n) is 4.00. The van der Waals surface area contributed by atoms with Crippen molar-refractivity contribution in [3.63, 3.8) is 0 Å². The summed E-state index contributed by atoms with van der Waals surface area (Å²) in [5.41, 5.74) is 3.65. The van der Waals surface area contributed by atoms with Gasteiger partial charge in [0.15, 0.2) is 0 Å². The molecule has 2 aromatic rings. The second-order valence-electron chi connectivity index (χ2n) is 5.35. The summed E-state index contributed by atoms with van der Waals surface area (Å²) in [4.78, 5) is 11.3. The highest BCUT2D eigenvalue weighted by Crippen LogP contribution is 2.32. The predicted molar refractivity (Wildman–Crippen MR) is 83.5 cm³/mol. The van der Waals surface area contributed by atoms with E-state index in [4.69, 9.17) is 10.00 Å². The van der Waals surface area contributed by atoms with Crippen LogP contribution in [-0.4, -0.2) is 19.6 Å². The molecule has 2 aromatic carbocycles. The van der Waals surface area contributed by atoms with Crippen LogP contribution >= 0.6 is 0 Å². The molecule has 0 bridgehead atoms. The number of nitriles is 1. The van der Waals surface area contributed by atoms with Gasteiger partial charge in [0.25, 0.3) is 0 Å². The summed E-state index contributed by atoms with van der Waals surface area (Å²) in [5.74, 6) is 1.09. The van der Waals surface area contributed by atoms with Gasteiger partial charge in [0.05, 0.1) is 18.7 Å². The smallest absolute Gasteiger partial charge is 0.220 e. The number of nitrogens with one attached hydrogen (secondary N) is 1. The molecule has 1 aliphatic rings. The highest BCUT2D eigenvalue weighted by molar-refractivity contribution is 5.79. The third kappa shape index (κ3) is 2.66. The molecule has 3 rings (SSSR count). The van der Waals surface area contributed by atoms with E-state index in [-0.39, 0.29) is 11.8 Å². The number of ether oxygens (including phenoxy) is 1. The minimum atomic E-state index is 0.109. The number of carbonyl (C=O) groups is 1. The van der Waals surface area contributed by atoms with Crippen LogP contribution in [0.5, 0.6) is 5.75 Å². The molecule has 0 saturated carbocycles. The zero-order valence-electron chi connectivity index (χ0n) is 12.3. The first-order chi connectivity index (χ1) is 10.7. The normalized spacial score (nSPS) is 16.9. The van der Waals surface area contributed by atoms with E-state index in [9.17, 15) is 4.79 Å².